The number of carbonyl (C=O) groups excluding carboxylic acids is 3. The molecule has 1 N–H and O–H groups in total. The van der Waals surface area contributed by atoms with Gasteiger partial charge in [-0.2, -0.15) is 0 Å². The molecule has 1 heterocycles. The van der Waals surface area contributed by atoms with Crippen LogP contribution in [-0.2, 0) is 9.59 Å². The zero-order valence-corrected chi connectivity index (χ0v) is 18.1. The summed E-state index contributed by atoms with van der Waals surface area (Å²) in [5.41, 5.74) is -0.448. The van der Waals surface area contributed by atoms with Crippen LogP contribution in [0.2, 0.25) is 5.02 Å². The van der Waals surface area contributed by atoms with Crippen LogP contribution in [0.5, 0.6) is 0 Å². The van der Waals surface area contributed by atoms with E-state index in [0.717, 1.165) is 6.07 Å². The van der Waals surface area contributed by atoms with Crippen molar-refractivity contribution >= 4 is 29.3 Å². The molecule has 1 aromatic carbocycles. The van der Waals surface area contributed by atoms with Crippen molar-refractivity contribution in [3.8, 4) is 0 Å². The fraction of sp³-hybridized carbons (Fsp3) is 0.550. The third-order valence-corrected chi connectivity index (χ3v) is 4.72. The molecule has 0 unspecified atom stereocenters. The van der Waals surface area contributed by atoms with Crippen molar-refractivity contribution in [1.82, 2.24) is 20.0 Å². The minimum atomic E-state index is -0.680. The lowest BCUT2D eigenvalue weighted by atomic mass is 10.1. The predicted molar refractivity (Wildman–Crippen MR) is 109 cm³/mol. The summed E-state index contributed by atoms with van der Waals surface area (Å²) in [5.74, 6) is -1.55. The molecule has 1 aliphatic rings. The third-order valence-electron chi connectivity index (χ3n) is 4.48. The molecule has 0 saturated carbocycles. The van der Waals surface area contributed by atoms with E-state index in [1.54, 1.807) is 4.90 Å². The predicted octanol–water partition coefficient (Wildman–Crippen LogP) is 1.61. The van der Waals surface area contributed by atoms with Gasteiger partial charge < -0.3 is 15.1 Å². The first-order valence-corrected chi connectivity index (χ1v) is 9.86. The minimum absolute atomic E-state index is 0.0499. The molecule has 29 heavy (non-hydrogen) atoms. The molecule has 3 amide bonds. The Kier molecular flexibility index (Phi) is 7.60. The van der Waals surface area contributed by atoms with Crippen LogP contribution in [-0.4, -0.2) is 84.3 Å². The Labute approximate surface area is 175 Å². The molecule has 2 rings (SSSR count). The van der Waals surface area contributed by atoms with E-state index in [1.165, 1.54) is 24.1 Å². The third kappa shape index (κ3) is 6.97. The van der Waals surface area contributed by atoms with Gasteiger partial charge in [-0.15, -0.1) is 0 Å². The number of nitrogens with zero attached hydrogens (tertiary/aromatic N) is 3. The summed E-state index contributed by atoms with van der Waals surface area (Å²) in [5, 5.41) is 3.17. The van der Waals surface area contributed by atoms with Gasteiger partial charge >= 0.3 is 0 Å². The van der Waals surface area contributed by atoms with E-state index < -0.39 is 11.7 Å². The first kappa shape index (κ1) is 23.1. The van der Waals surface area contributed by atoms with E-state index in [4.69, 9.17) is 11.6 Å². The van der Waals surface area contributed by atoms with Gasteiger partial charge in [-0.05, 0) is 39.0 Å². The Bertz CT molecular complexity index is 773. The number of benzene rings is 1. The molecule has 1 aliphatic heterocycles. The van der Waals surface area contributed by atoms with E-state index in [1.807, 2.05) is 25.7 Å². The Morgan fingerprint density at radius 3 is 2.38 bits per heavy atom. The van der Waals surface area contributed by atoms with Crippen molar-refractivity contribution in [2.45, 2.75) is 26.3 Å². The van der Waals surface area contributed by atoms with Gasteiger partial charge in [0.15, 0.2) is 0 Å². The van der Waals surface area contributed by atoms with Gasteiger partial charge in [0.2, 0.25) is 11.8 Å². The molecule has 0 aliphatic carbocycles. The van der Waals surface area contributed by atoms with Crippen molar-refractivity contribution in [3.05, 3.63) is 34.6 Å². The first-order valence-electron chi connectivity index (χ1n) is 9.48. The van der Waals surface area contributed by atoms with Crippen molar-refractivity contribution in [2.75, 3.05) is 46.3 Å². The lowest BCUT2D eigenvalue weighted by Crippen LogP contribution is -2.54. The lowest BCUT2D eigenvalue weighted by Gasteiger charge is -2.35. The van der Waals surface area contributed by atoms with Gasteiger partial charge in [-0.25, -0.2) is 4.39 Å². The minimum Gasteiger partial charge on any atom is -0.350 e. The Balaban J connectivity index is 1.84. The molecule has 1 saturated heterocycles. The van der Waals surface area contributed by atoms with E-state index >= 15 is 0 Å². The van der Waals surface area contributed by atoms with Crippen LogP contribution in [0.4, 0.5) is 4.39 Å². The van der Waals surface area contributed by atoms with Crippen molar-refractivity contribution < 1.29 is 18.8 Å². The SMILES string of the molecule is CN(CC(=O)N1CCN(CC(=O)NC(C)(C)C)CC1)C(=O)c1cc(Cl)ccc1F. The highest BCUT2D eigenvalue weighted by molar-refractivity contribution is 6.31. The highest BCUT2D eigenvalue weighted by Crippen LogP contribution is 2.16. The van der Waals surface area contributed by atoms with Crippen molar-refractivity contribution in [1.29, 1.82) is 0 Å². The number of rotatable bonds is 5. The summed E-state index contributed by atoms with van der Waals surface area (Å²) in [6.07, 6.45) is 0. The Morgan fingerprint density at radius 2 is 1.79 bits per heavy atom. The van der Waals surface area contributed by atoms with E-state index in [2.05, 4.69) is 5.32 Å². The van der Waals surface area contributed by atoms with E-state index in [0.29, 0.717) is 26.2 Å². The molecule has 0 aromatic heterocycles. The van der Waals surface area contributed by atoms with Gasteiger partial charge in [-0.3, -0.25) is 19.3 Å². The van der Waals surface area contributed by atoms with Gasteiger partial charge in [0.1, 0.15) is 5.82 Å². The number of nitrogens with one attached hydrogen (secondary N) is 1. The van der Waals surface area contributed by atoms with Gasteiger partial charge in [0.25, 0.3) is 5.91 Å². The molecule has 0 bridgehead atoms. The van der Waals surface area contributed by atoms with Gasteiger partial charge in [0, 0.05) is 43.8 Å². The van der Waals surface area contributed by atoms with Crippen LogP contribution in [0.15, 0.2) is 18.2 Å². The van der Waals surface area contributed by atoms with Crippen LogP contribution in [0.3, 0.4) is 0 Å². The maximum absolute atomic E-state index is 13.9. The lowest BCUT2D eigenvalue weighted by molar-refractivity contribution is -0.133. The Hall–Kier alpha value is -2.19. The summed E-state index contributed by atoms with van der Waals surface area (Å²) < 4.78 is 13.9. The number of amides is 3. The fourth-order valence-corrected chi connectivity index (χ4v) is 3.23. The van der Waals surface area contributed by atoms with Crippen LogP contribution in [0.1, 0.15) is 31.1 Å². The second kappa shape index (κ2) is 9.54. The monoisotopic (exact) mass is 426 g/mol. The molecule has 9 heteroatoms. The fourth-order valence-electron chi connectivity index (χ4n) is 3.06. The smallest absolute Gasteiger partial charge is 0.257 e. The topological polar surface area (TPSA) is 73.0 Å². The largest absolute Gasteiger partial charge is 0.350 e. The summed E-state index contributed by atoms with van der Waals surface area (Å²) >= 11 is 5.83. The second-order valence-corrected chi connectivity index (χ2v) is 8.68. The summed E-state index contributed by atoms with van der Waals surface area (Å²) in [7, 11) is 1.45. The highest BCUT2D eigenvalue weighted by Gasteiger charge is 2.26. The number of halogens is 2. The molecular weight excluding hydrogens is 399 g/mol. The number of hydrogen-bond acceptors (Lipinski definition) is 4. The van der Waals surface area contributed by atoms with E-state index in [9.17, 15) is 18.8 Å². The van der Waals surface area contributed by atoms with Gasteiger partial charge in [0.05, 0.1) is 18.7 Å². The molecule has 0 radical (unpaired) electrons. The van der Waals surface area contributed by atoms with Gasteiger partial charge in [-0.1, -0.05) is 11.6 Å². The van der Waals surface area contributed by atoms with E-state index in [-0.39, 0.29) is 41.0 Å². The molecular formula is C20H28ClFN4O3. The average Bonchev–Trinajstić information content (AvgIpc) is 2.62. The summed E-state index contributed by atoms with van der Waals surface area (Å²) in [6.45, 7) is 7.98. The molecule has 1 aromatic rings. The summed E-state index contributed by atoms with van der Waals surface area (Å²) in [6, 6.07) is 3.74. The quantitative estimate of drug-likeness (QED) is 0.776. The maximum Gasteiger partial charge on any atom is 0.257 e. The second-order valence-electron chi connectivity index (χ2n) is 8.24. The number of carbonyl (C=O) groups is 3. The molecule has 1 fully saturated rings. The molecule has 0 spiro atoms. The normalized spacial score (nSPS) is 15.2. The van der Waals surface area contributed by atoms with Crippen molar-refractivity contribution in [3.63, 3.8) is 0 Å². The summed E-state index contributed by atoms with van der Waals surface area (Å²) in [4.78, 5) is 41.8. The zero-order valence-electron chi connectivity index (χ0n) is 17.3. The standard InChI is InChI=1S/C20H28ClFN4O3/c1-20(2,3)23-17(27)12-25-7-9-26(10-8-25)18(28)13-24(4)19(29)15-11-14(21)5-6-16(15)22/h5-6,11H,7-10,12-13H2,1-4H3,(H,23,27). The van der Waals surface area contributed by atoms with Crippen LogP contribution < -0.4 is 5.32 Å². The molecule has 160 valence electrons. The van der Waals surface area contributed by atoms with Crippen LogP contribution in [0.25, 0.3) is 0 Å². The zero-order chi connectivity index (χ0) is 21.8. The number of piperazine rings is 1. The maximum atomic E-state index is 13.9. The molecule has 0 atom stereocenters. The highest BCUT2D eigenvalue weighted by atomic mass is 35.5. The number of hydrogen-bond donors (Lipinski definition) is 1. The van der Waals surface area contributed by atoms with Crippen molar-refractivity contribution in [2.24, 2.45) is 0 Å². The van der Waals surface area contributed by atoms with Crippen LogP contribution in [0, 0.1) is 5.82 Å². The Morgan fingerprint density at radius 1 is 1.17 bits per heavy atom. The molecule has 7 nitrogen and oxygen atoms in total. The number of likely N-dealkylation sites (N-methyl/N-ethyl adjacent to an activating group) is 1. The average molecular weight is 427 g/mol. The van der Waals surface area contributed by atoms with Crippen LogP contribution >= 0.6 is 11.6 Å². The first-order chi connectivity index (χ1) is 13.5.